The van der Waals surface area contributed by atoms with Crippen molar-refractivity contribution >= 4 is 34.9 Å². The maximum Gasteiger partial charge on any atom is 0.343 e. The van der Waals surface area contributed by atoms with Crippen molar-refractivity contribution in [3.05, 3.63) is 39.9 Å². The highest BCUT2D eigenvalue weighted by Crippen LogP contribution is 2.34. The molecule has 0 aliphatic rings. The molecule has 4 nitrogen and oxygen atoms in total. The van der Waals surface area contributed by atoms with E-state index >= 15 is 0 Å². The van der Waals surface area contributed by atoms with E-state index in [0.717, 1.165) is 12.1 Å². The lowest BCUT2D eigenvalue weighted by Gasteiger charge is -2.11. The first-order chi connectivity index (χ1) is 10.5. The Morgan fingerprint density at radius 3 is 2.59 bits per heavy atom. The van der Waals surface area contributed by atoms with Gasteiger partial charge in [-0.15, -0.1) is 0 Å². The number of methoxy groups -OCH3 is 1. The number of nitrogens with zero attached hydrogens (tertiary/aromatic N) is 1. The summed E-state index contributed by atoms with van der Waals surface area (Å²) in [6.45, 7) is 2.24. The third-order valence-electron chi connectivity index (χ3n) is 2.89. The monoisotopic (exact) mass is 343 g/mol. The third-order valence-corrected chi connectivity index (χ3v) is 3.50. The number of rotatable bonds is 7. The second kappa shape index (κ2) is 9.49. The summed E-state index contributed by atoms with van der Waals surface area (Å²) in [6, 6.07) is 3.10. The van der Waals surface area contributed by atoms with E-state index in [2.05, 4.69) is 4.99 Å². The molecule has 0 N–H and O–H groups in total. The Balaban J connectivity index is 2.75. The van der Waals surface area contributed by atoms with Crippen LogP contribution in [0.25, 0.3) is 0 Å². The molecule has 6 heteroatoms. The molecule has 120 valence electrons. The predicted molar refractivity (Wildman–Crippen MR) is 90.7 cm³/mol. The Labute approximate surface area is 140 Å². The summed E-state index contributed by atoms with van der Waals surface area (Å²) in [5.74, 6) is -0.353. The lowest BCUT2D eigenvalue weighted by atomic mass is 10.2. The average molecular weight is 344 g/mol. The van der Waals surface area contributed by atoms with Crippen LogP contribution in [0.2, 0.25) is 10.0 Å². The fourth-order valence-electron chi connectivity index (χ4n) is 1.77. The number of aliphatic imine (C=N–C) groups is 1. The molecule has 1 aromatic rings. The van der Waals surface area contributed by atoms with E-state index in [0.29, 0.717) is 11.4 Å². The molecule has 0 spiro atoms. The third kappa shape index (κ3) is 5.04. The maximum atomic E-state index is 12.2. The number of ether oxygens (including phenoxy) is 2. The minimum Gasteiger partial charge on any atom is -0.494 e. The molecule has 22 heavy (non-hydrogen) atoms. The van der Waals surface area contributed by atoms with Crippen LogP contribution >= 0.6 is 23.2 Å². The van der Waals surface area contributed by atoms with Gasteiger partial charge in [0, 0.05) is 19.2 Å². The number of halogens is 2. The van der Waals surface area contributed by atoms with Gasteiger partial charge in [0.25, 0.3) is 0 Å². The lowest BCUT2D eigenvalue weighted by Crippen LogP contribution is -2.11. The number of esters is 1. The van der Waals surface area contributed by atoms with Crippen molar-refractivity contribution in [2.45, 2.75) is 19.8 Å². The topological polar surface area (TPSA) is 47.9 Å². The van der Waals surface area contributed by atoms with Crippen LogP contribution in [0.4, 0.5) is 0 Å². The second-order valence-electron chi connectivity index (χ2n) is 4.35. The Bertz CT molecular complexity index is 583. The first kappa shape index (κ1) is 18.5. The van der Waals surface area contributed by atoms with Crippen LogP contribution in [0.5, 0.6) is 5.75 Å². The minimum absolute atomic E-state index is 0.135. The molecule has 0 atom stereocenters. The van der Waals surface area contributed by atoms with Crippen molar-refractivity contribution in [1.82, 2.24) is 0 Å². The summed E-state index contributed by atoms with van der Waals surface area (Å²) in [4.78, 5) is 16.3. The smallest absolute Gasteiger partial charge is 0.343 e. The molecule has 0 saturated carbocycles. The van der Waals surface area contributed by atoms with E-state index in [-0.39, 0.29) is 22.9 Å². The quantitative estimate of drug-likeness (QED) is 0.537. The molecule has 0 fully saturated rings. The van der Waals surface area contributed by atoms with E-state index < -0.39 is 5.97 Å². The van der Waals surface area contributed by atoms with E-state index in [4.69, 9.17) is 32.7 Å². The highest BCUT2D eigenvalue weighted by atomic mass is 35.5. The number of hydrogen-bond donors (Lipinski definition) is 0. The second-order valence-corrected chi connectivity index (χ2v) is 5.16. The normalized spacial score (nSPS) is 11.8. The van der Waals surface area contributed by atoms with Crippen LogP contribution in [0.1, 0.15) is 30.1 Å². The van der Waals surface area contributed by atoms with Crippen molar-refractivity contribution in [2.24, 2.45) is 4.99 Å². The van der Waals surface area contributed by atoms with Gasteiger partial charge in [-0.3, -0.25) is 4.99 Å². The minimum atomic E-state index is -0.570. The van der Waals surface area contributed by atoms with Crippen LogP contribution in [-0.4, -0.2) is 32.4 Å². The van der Waals surface area contributed by atoms with Gasteiger partial charge in [0.05, 0.1) is 23.8 Å². The summed E-state index contributed by atoms with van der Waals surface area (Å²) in [5.41, 5.74) is 0.995. The molecule has 0 aliphatic heterocycles. The molecule has 0 bridgehead atoms. The van der Waals surface area contributed by atoms with Crippen molar-refractivity contribution in [1.29, 1.82) is 0 Å². The van der Waals surface area contributed by atoms with Gasteiger partial charge in [-0.1, -0.05) is 36.2 Å². The van der Waals surface area contributed by atoms with E-state index in [1.54, 1.807) is 13.1 Å². The summed E-state index contributed by atoms with van der Waals surface area (Å²) in [5, 5.41) is 0.544. The standard InChI is InChI=1S/C16H19Cl2NO3/c1-4-5-6-11(19-2)9-10-22-16(20)14-12(17)7-8-13(18)15(14)21-3/h5-8H,4,9-10H2,1-3H3/b6-5-,19-11?. The summed E-state index contributed by atoms with van der Waals surface area (Å²) >= 11 is 12.0. The van der Waals surface area contributed by atoms with Crippen LogP contribution in [0.3, 0.4) is 0 Å². The zero-order valence-corrected chi connectivity index (χ0v) is 14.4. The summed E-state index contributed by atoms with van der Waals surface area (Å²) < 4.78 is 10.4. The van der Waals surface area contributed by atoms with Gasteiger partial charge in [-0.2, -0.15) is 0 Å². The van der Waals surface area contributed by atoms with Gasteiger partial charge in [-0.05, 0) is 24.6 Å². The molecule has 0 amide bonds. The fourth-order valence-corrected chi connectivity index (χ4v) is 2.23. The van der Waals surface area contributed by atoms with Gasteiger partial charge in [0.2, 0.25) is 0 Å². The molecule has 0 radical (unpaired) electrons. The Kier molecular flexibility index (Phi) is 7.99. The van der Waals surface area contributed by atoms with Crippen molar-refractivity contribution in [3.8, 4) is 5.75 Å². The maximum absolute atomic E-state index is 12.2. The van der Waals surface area contributed by atoms with E-state index in [1.165, 1.54) is 13.2 Å². The summed E-state index contributed by atoms with van der Waals surface area (Å²) in [7, 11) is 3.12. The molecule has 1 rings (SSSR count). The molecule has 0 aliphatic carbocycles. The molecule has 1 aromatic carbocycles. The number of allylic oxidation sites excluding steroid dienone is 2. The number of benzene rings is 1. The van der Waals surface area contributed by atoms with Crippen LogP contribution < -0.4 is 4.74 Å². The molecular weight excluding hydrogens is 325 g/mol. The van der Waals surface area contributed by atoms with Crippen molar-refractivity contribution < 1.29 is 14.3 Å². The number of carbonyl (C=O) groups is 1. The fraction of sp³-hybridized carbons (Fsp3) is 0.375. The van der Waals surface area contributed by atoms with E-state index in [9.17, 15) is 4.79 Å². The average Bonchev–Trinajstić information content (AvgIpc) is 2.52. The van der Waals surface area contributed by atoms with Gasteiger partial charge < -0.3 is 9.47 Å². The van der Waals surface area contributed by atoms with Gasteiger partial charge >= 0.3 is 5.97 Å². The first-order valence-corrected chi connectivity index (χ1v) is 7.62. The highest BCUT2D eigenvalue weighted by molar-refractivity contribution is 6.37. The van der Waals surface area contributed by atoms with Crippen LogP contribution in [-0.2, 0) is 4.74 Å². The number of carbonyl (C=O) groups excluding carboxylic acids is 1. The molecule has 0 heterocycles. The molecule has 0 aromatic heterocycles. The van der Waals surface area contributed by atoms with Gasteiger partial charge in [0.15, 0.2) is 5.75 Å². The summed E-state index contributed by atoms with van der Waals surface area (Å²) in [6.07, 6.45) is 5.37. The highest BCUT2D eigenvalue weighted by Gasteiger charge is 2.20. The molecule has 0 unspecified atom stereocenters. The lowest BCUT2D eigenvalue weighted by molar-refractivity contribution is 0.0512. The first-order valence-electron chi connectivity index (χ1n) is 6.86. The molecule has 0 saturated heterocycles. The largest absolute Gasteiger partial charge is 0.494 e. The van der Waals surface area contributed by atoms with Crippen molar-refractivity contribution in [3.63, 3.8) is 0 Å². The van der Waals surface area contributed by atoms with Crippen LogP contribution in [0, 0.1) is 0 Å². The van der Waals surface area contributed by atoms with Gasteiger partial charge in [0.1, 0.15) is 5.56 Å². The van der Waals surface area contributed by atoms with Crippen LogP contribution in [0.15, 0.2) is 29.3 Å². The van der Waals surface area contributed by atoms with Crippen molar-refractivity contribution in [2.75, 3.05) is 20.8 Å². The Hall–Kier alpha value is -1.52. The Morgan fingerprint density at radius 1 is 1.32 bits per heavy atom. The predicted octanol–water partition coefficient (Wildman–Crippen LogP) is 4.59. The van der Waals surface area contributed by atoms with Gasteiger partial charge in [-0.25, -0.2) is 4.79 Å². The zero-order valence-electron chi connectivity index (χ0n) is 12.9. The zero-order chi connectivity index (χ0) is 16.5. The SMILES string of the molecule is CC/C=C\C(CCOC(=O)c1c(Cl)ccc(Cl)c1OC)=NC. The van der Waals surface area contributed by atoms with E-state index in [1.807, 2.05) is 19.1 Å². The Morgan fingerprint density at radius 2 is 2.00 bits per heavy atom. The number of hydrogen-bond acceptors (Lipinski definition) is 4. The molecular formula is C16H19Cl2NO3.